The van der Waals surface area contributed by atoms with Gasteiger partial charge in [0.05, 0.1) is 0 Å². The van der Waals surface area contributed by atoms with Gasteiger partial charge in [-0.15, -0.1) is 0 Å². The minimum atomic E-state index is 0.219. The fourth-order valence-electron chi connectivity index (χ4n) is 3.49. The van der Waals surface area contributed by atoms with Gasteiger partial charge in [-0.1, -0.05) is 32.6 Å². The average Bonchev–Trinajstić information content (AvgIpc) is 2.65. The maximum absolute atomic E-state index is 9.89. The van der Waals surface area contributed by atoms with Crippen LogP contribution in [0.2, 0.25) is 0 Å². The molecule has 0 aromatic heterocycles. The number of nitrogens with zero attached hydrogens (tertiary/aromatic N) is 1. The number of hydrogen-bond donors (Lipinski definition) is 1. The molecule has 1 aliphatic heterocycles. The molecule has 1 saturated heterocycles. The highest BCUT2D eigenvalue weighted by Gasteiger charge is 2.33. The summed E-state index contributed by atoms with van der Waals surface area (Å²) in [7, 11) is 0. The zero-order chi connectivity index (χ0) is 12.8. The monoisotopic (exact) mass is 271 g/mol. The SMILES string of the molecule is CCC1CN(CC2(CO)CCCCCC2)CCS1. The van der Waals surface area contributed by atoms with Crippen LogP contribution < -0.4 is 0 Å². The van der Waals surface area contributed by atoms with Crippen LogP contribution >= 0.6 is 11.8 Å². The van der Waals surface area contributed by atoms with Gasteiger partial charge in [0.2, 0.25) is 0 Å². The highest BCUT2D eigenvalue weighted by Crippen LogP contribution is 2.36. The third-order valence-electron chi connectivity index (χ3n) is 4.74. The summed E-state index contributed by atoms with van der Waals surface area (Å²) in [6.45, 7) is 6.30. The summed E-state index contributed by atoms with van der Waals surface area (Å²) < 4.78 is 0. The largest absolute Gasteiger partial charge is 0.396 e. The molecule has 1 N–H and O–H groups in total. The maximum atomic E-state index is 9.89. The van der Waals surface area contributed by atoms with Crippen LogP contribution in [0.4, 0.5) is 0 Å². The zero-order valence-electron chi connectivity index (χ0n) is 11.9. The molecule has 1 unspecified atom stereocenters. The molecule has 1 aliphatic carbocycles. The lowest BCUT2D eigenvalue weighted by Crippen LogP contribution is -2.45. The molecule has 1 atom stereocenters. The highest BCUT2D eigenvalue weighted by atomic mass is 32.2. The Hall–Kier alpha value is 0.270. The van der Waals surface area contributed by atoms with Gasteiger partial charge in [-0.3, -0.25) is 0 Å². The van der Waals surface area contributed by atoms with E-state index in [9.17, 15) is 5.11 Å². The van der Waals surface area contributed by atoms with Gasteiger partial charge in [0.25, 0.3) is 0 Å². The van der Waals surface area contributed by atoms with Gasteiger partial charge in [0.15, 0.2) is 0 Å². The first-order valence-corrected chi connectivity index (χ1v) is 8.78. The molecule has 106 valence electrons. The van der Waals surface area contributed by atoms with Gasteiger partial charge in [0.1, 0.15) is 0 Å². The van der Waals surface area contributed by atoms with E-state index in [1.165, 1.54) is 63.8 Å². The fourth-order valence-corrected chi connectivity index (χ4v) is 4.74. The van der Waals surface area contributed by atoms with E-state index in [4.69, 9.17) is 0 Å². The molecule has 2 rings (SSSR count). The van der Waals surface area contributed by atoms with E-state index in [0.717, 1.165) is 11.8 Å². The number of hydrogen-bond acceptors (Lipinski definition) is 3. The number of rotatable bonds is 4. The average molecular weight is 271 g/mol. The molecule has 0 bridgehead atoms. The Labute approximate surface area is 117 Å². The molecular formula is C15H29NOS. The smallest absolute Gasteiger partial charge is 0.0499 e. The summed E-state index contributed by atoms with van der Waals surface area (Å²) >= 11 is 2.14. The van der Waals surface area contributed by atoms with Crippen molar-refractivity contribution in [3.8, 4) is 0 Å². The van der Waals surface area contributed by atoms with Gasteiger partial charge in [-0.05, 0) is 19.3 Å². The van der Waals surface area contributed by atoms with Gasteiger partial charge >= 0.3 is 0 Å². The van der Waals surface area contributed by atoms with Crippen LogP contribution in [0.5, 0.6) is 0 Å². The van der Waals surface area contributed by atoms with Crippen molar-refractivity contribution < 1.29 is 5.11 Å². The Balaban J connectivity index is 1.91. The molecule has 1 saturated carbocycles. The van der Waals surface area contributed by atoms with Gasteiger partial charge in [-0.25, -0.2) is 0 Å². The van der Waals surface area contributed by atoms with Crippen molar-refractivity contribution >= 4 is 11.8 Å². The Kier molecular flexibility index (Phi) is 5.84. The van der Waals surface area contributed by atoms with Gasteiger partial charge in [0, 0.05) is 42.7 Å². The van der Waals surface area contributed by atoms with E-state index in [1.807, 2.05) is 0 Å². The second-order valence-electron chi connectivity index (χ2n) is 6.21. The number of aliphatic hydroxyl groups is 1. The molecule has 18 heavy (non-hydrogen) atoms. The van der Waals surface area contributed by atoms with Crippen LogP contribution in [0.25, 0.3) is 0 Å². The number of aliphatic hydroxyl groups excluding tert-OH is 1. The molecular weight excluding hydrogens is 242 g/mol. The van der Waals surface area contributed by atoms with Gasteiger partial charge in [-0.2, -0.15) is 11.8 Å². The molecule has 3 heteroatoms. The van der Waals surface area contributed by atoms with E-state index in [1.54, 1.807) is 0 Å². The summed E-state index contributed by atoms with van der Waals surface area (Å²) in [5, 5.41) is 10.7. The maximum Gasteiger partial charge on any atom is 0.0499 e. The van der Waals surface area contributed by atoms with Crippen LogP contribution in [-0.4, -0.2) is 47.3 Å². The fraction of sp³-hybridized carbons (Fsp3) is 1.00. The highest BCUT2D eigenvalue weighted by molar-refractivity contribution is 8.00. The normalized spacial score (nSPS) is 30.0. The Morgan fingerprint density at radius 1 is 1.22 bits per heavy atom. The first-order valence-electron chi connectivity index (χ1n) is 7.73. The second-order valence-corrected chi connectivity index (χ2v) is 7.62. The van der Waals surface area contributed by atoms with E-state index < -0.39 is 0 Å². The minimum Gasteiger partial charge on any atom is -0.396 e. The first kappa shape index (κ1) is 14.7. The van der Waals surface area contributed by atoms with E-state index >= 15 is 0 Å². The lowest BCUT2D eigenvalue weighted by molar-refractivity contribution is 0.0604. The summed E-state index contributed by atoms with van der Waals surface area (Å²) in [6, 6.07) is 0. The first-order chi connectivity index (χ1) is 8.78. The van der Waals surface area contributed by atoms with Gasteiger partial charge < -0.3 is 10.0 Å². The van der Waals surface area contributed by atoms with E-state index in [-0.39, 0.29) is 5.41 Å². The molecule has 0 aromatic carbocycles. The topological polar surface area (TPSA) is 23.5 Å². The summed E-state index contributed by atoms with van der Waals surface area (Å²) in [4.78, 5) is 2.63. The van der Waals surface area contributed by atoms with Crippen molar-refractivity contribution in [1.29, 1.82) is 0 Å². The van der Waals surface area contributed by atoms with Crippen molar-refractivity contribution in [2.75, 3.05) is 32.0 Å². The van der Waals surface area contributed by atoms with Crippen molar-refractivity contribution in [3.05, 3.63) is 0 Å². The third-order valence-corrected chi connectivity index (χ3v) is 6.11. The quantitative estimate of drug-likeness (QED) is 0.795. The van der Waals surface area contributed by atoms with Crippen LogP contribution in [0, 0.1) is 5.41 Å². The van der Waals surface area contributed by atoms with Crippen LogP contribution in [0.15, 0.2) is 0 Å². The van der Waals surface area contributed by atoms with Crippen molar-refractivity contribution in [2.45, 2.75) is 57.1 Å². The molecule has 0 radical (unpaired) electrons. The molecule has 2 nitrogen and oxygen atoms in total. The molecule has 0 spiro atoms. The number of thioether (sulfide) groups is 1. The minimum absolute atomic E-state index is 0.219. The second kappa shape index (κ2) is 7.16. The van der Waals surface area contributed by atoms with Crippen molar-refractivity contribution in [1.82, 2.24) is 4.90 Å². The van der Waals surface area contributed by atoms with E-state index in [0.29, 0.717) is 6.61 Å². The third kappa shape index (κ3) is 3.88. The summed E-state index contributed by atoms with van der Waals surface area (Å²) in [6.07, 6.45) is 9.15. The Morgan fingerprint density at radius 3 is 2.56 bits per heavy atom. The lowest BCUT2D eigenvalue weighted by Gasteiger charge is -2.40. The molecule has 2 aliphatic rings. The summed E-state index contributed by atoms with van der Waals surface area (Å²) in [5.41, 5.74) is 0.219. The Bertz CT molecular complexity index is 239. The molecule has 1 heterocycles. The standard InChI is InChI=1S/C15H29NOS/c1-2-14-11-16(9-10-18-14)12-15(13-17)7-5-3-4-6-8-15/h14,17H,2-13H2,1H3. The van der Waals surface area contributed by atoms with Crippen LogP contribution in [0.3, 0.4) is 0 Å². The predicted molar refractivity (Wildman–Crippen MR) is 80.2 cm³/mol. The van der Waals surface area contributed by atoms with Crippen molar-refractivity contribution in [3.63, 3.8) is 0 Å². The van der Waals surface area contributed by atoms with Crippen LogP contribution in [0.1, 0.15) is 51.9 Å². The molecule has 2 fully saturated rings. The Morgan fingerprint density at radius 2 is 1.94 bits per heavy atom. The molecule has 0 aromatic rings. The van der Waals surface area contributed by atoms with Crippen LogP contribution in [-0.2, 0) is 0 Å². The summed E-state index contributed by atoms with van der Waals surface area (Å²) in [5.74, 6) is 1.28. The predicted octanol–water partition coefficient (Wildman–Crippen LogP) is 3.15. The lowest BCUT2D eigenvalue weighted by atomic mass is 9.80. The zero-order valence-corrected chi connectivity index (χ0v) is 12.7. The van der Waals surface area contributed by atoms with E-state index in [2.05, 4.69) is 23.6 Å². The molecule has 0 amide bonds. The van der Waals surface area contributed by atoms with Crippen molar-refractivity contribution in [2.24, 2.45) is 5.41 Å².